The van der Waals surface area contributed by atoms with E-state index in [1.807, 2.05) is 6.20 Å². The maximum Gasteiger partial charge on any atom is 0.0227 e. The van der Waals surface area contributed by atoms with Crippen molar-refractivity contribution in [2.45, 2.75) is 12.8 Å². The minimum atomic E-state index is 0.968. The molecule has 1 heterocycles. The second-order valence-corrected chi connectivity index (χ2v) is 4.81. The summed E-state index contributed by atoms with van der Waals surface area (Å²) in [5.41, 5.74) is 5.40. The predicted molar refractivity (Wildman–Crippen MR) is 79.3 cm³/mol. The molecule has 0 spiro atoms. The molecule has 1 heteroatoms. The van der Waals surface area contributed by atoms with Gasteiger partial charge in [0.2, 0.25) is 0 Å². The van der Waals surface area contributed by atoms with Crippen molar-refractivity contribution in [3.05, 3.63) is 95.3 Å². The smallest absolute Gasteiger partial charge is 0.0227 e. The molecule has 0 aliphatic rings. The number of H-pyrrole nitrogens is 1. The highest BCUT2D eigenvalue weighted by molar-refractivity contribution is 5.32. The molecule has 1 nitrogen and oxygen atoms in total. The monoisotopic (exact) mass is 247 g/mol. The Kier molecular flexibility index (Phi) is 3.46. The fourth-order valence-corrected chi connectivity index (χ4v) is 2.38. The van der Waals surface area contributed by atoms with Crippen LogP contribution in [0, 0.1) is 0 Å². The van der Waals surface area contributed by atoms with Gasteiger partial charge in [0.15, 0.2) is 0 Å². The van der Waals surface area contributed by atoms with E-state index >= 15 is 0 Å². The van der Waals surface area contributed by atoms with Gasteiger partial charge in [-0.15, -0.1) is 0 Å². The first-order valence-electron chi connectivity index (χ1n) is 6.65. The fourth-order valence-electron chi connectivity index (χ4n) is 2.38. The normalized spacial score (nSPS) is 10.5. The molecule has 0 aliphatic heterocycles. The van der Waals surface area contributed by atoms with E-state index in [4.69, 9.17) is 0 Å². The van der Waals surface area contributed by atoms with Gasteiger partial charge in [0, 0.05) is 18.3 Å². The first kappa shape index (κ1) is 11.8. The second kappa shape index (κ2) is 5.57. The van der Waals surface area contributed by atoms with Crippen LogP contribution in [0.1, 0.15) is 22.4 Å². The summed E-state index contributed by atoms with van der Waals surface area (Å²) in [6, 6.07) is 23.4. The molecular weight excluding hydrogens is 230 g/mol. The van der Waals surface area contributed by atoms with Gasteiger partial charge in [0.25, 0.3) is 0 Å². The first-order valence-corrected chi connectivity index (χ1v) is 6.65. The molecule has 0 saturated carbocycles. The van der Waals surface area contributed by atoms with Crippen molar-refractivity contribution in [2.75, 3.05) is 0 Å². The lowest BCUT2D eigenvalue weighted by molar-refractivity contribution is 1.05. The van der Waals surface area contributed by atoms with E-state index in [2.05, 4.69) is 71.7 Å². The molecule has 0 radical (unpaired) electrons. The van der Waals surface area contributed by atoms with E-state index in [-0.39, 0.29) is 0 Å². The molecule has 2 aromatic carbocycles. The number of aromatic nitrogens is 1. The van der Waals surface area contributed by atoms with Crippen molar-refractivity contribution in [1.29, 1.82) is 0 Å². The highest BCUT2D eigenvalue weighted by Crippen LogP contribution is 2.16. The summed E-state index contributed by atoms with van der Waals surface area (Å²) in [6.07, 6.45) is 4.00. The zero-order valence-electron chi connectivity index (χ0n) is 10.8. The van der Waals surface area contributed by atoms with Gasteiger partial charge in [-0.25, -0.2) is 0 Å². The highest BCUT2D eigenvalue weighted by Gasteiger charge is 2.05. The van der Waals surface area contributed by atoms with Crippen molar-refractivity contribution < 1.29 is 0 Å². The van der Waals surface area contributed by atoms with Gasteiger partial charge < -0.3 is 4.98 Å². The van der Waals surface area contributed by atoms with E-state index in [9.17, 15) is 0 Å². The number of nitrogens with one attached hydrogen (secondary N) is 1. The molecule has 0 saturated heterocycles. The van der Waals surface area contributed by atoms with Crippen molar-refractivity contribution in [1.82, 2.24) is 4.98 Å². The maximum absolute atomic E-state index is 3.37. The molecule has 1 N–H and O–H groups in total. The minimum absolute atomic E-state index is 0.968. The van der Waals surface area contributed by atoms with Crippen molar-refractivity contribution in [3.63, 3.8) is 0 Å². The molecule has 0 bridgehead atoms. The molecule has 0 unspecified atom stereocenters. The average Bonchev–Trinajstić information content (AvgIpc) is 2.88. The van der Waals surface area contributed by atoms with E-state index < -0.39 is 0 Å². The summed E-state index contributed by atoms with van der Waals surface area (Å²) in [4.78, 5) is 3.37. The van der Waals surface area contributed by atoms with Crippen molar-refractivity contribution in [2.24, 2.45) is 0 Å². The standard InChI is InChI=1S/C18H17N/c1-3-7-15(8-4-1)13-17-11-12-19-18(17)14-16-9-5-2-6-10-16/h1-12,19H,13-14H2. The van der Waals surface area contributed by atoms with Crippen LogP contribution in [0.5, 0.6) is 0 Å². The van der Waals surface area contributed by atoms with E-state index in [1.165, 1.54) is 22.4 Å². The maximum atomic E-state index is 3.37. The lowest BCUT2D eigenvalue weighted by Gasteiger charge is -2.05. The van der Waals surface area contributed by atoms with Crippen LogP contribution < -0.4 is 0 Å². The third-order valence-electron chi connectivity index (χ3n) is 3.39. The third kappa shape index (κ3) is 2.94. The quantitative estimate of drug-likeness (QED) is 0.711. The SMILES string of the molecule is c1ccc(Cc2cc[nH]c2Cc2ccccc2)cc1. The Morgan fingerprint density at radius 1 is 0.632 bits per heavy atom. The Hall–Kier alpha value is -2.28. The number of hydrogen-bond donors (Lipinski definition) is 1. The van der Waals surface area contributed by atoms with Crippen LogP contribution in [-0.2, 0) is 12.8 Å². The lowest BCUT2D eigenvalue weighted by atomic mass is 10.0. The van der Waals surface area contributed by atoms with E-state index in [0.717, 1.165) is 12.8 Å². The Balaban J connectivity index is 1.79. The number of benzene rings is 2. The second-order valence-electron chi connectivity index (χ2n) is 4.81. The molecule has 94 valence electrons. The summed E-state index contributed by atoms with van der Waals surface area (Å²) in [6.45, 7) is 0. The summed E-state index contributed by atoms with van der Waals surface area (Å²) >= 11 is 0. The van der Waals surface area contributed by atoms with Crippen molar-refractivity contribution >= 4 is 0 Å². The van der Waals surface area contributed by atoms with Crippen LogP contribution in [0.25, 0.3) is 0 Å². The molecule has 0 aliphatic carbocycles. The van der Waals surface area contributed by atoms with Gasteiger partial charge in [-0.1, -0.05) is 60.7 Å². The van der Waals surface area contributed by atoms with Gasteiger partial charge in [0.1, 0.15) is 0 Å². The highest BCUT2D eigenvalue weighted by atomic mass is 14.7. The summed E-state index contributed by atoms with van der Waals surface area (Å²) in [5.74, 6) is 0. The summed E-state index contributed by atoms with van der Waals surface area (Å²) in [5, 5.41) is 0. The zero-order valence-corrected chi connectivity index (χ0v) is 10.8. The van der Waals surface area contributed by atoms with Crippen LogP contribution in [0.2, 0.25) is 0 Å². The van der Waals surface area contributed by atoms with Gasteiger partial charge >= 0.3 is 0 Å². The zero-order chi connectivity index (χ0) is 12.9. The van der Waals surface area contributed by atoms with E-state index in [0.29, 0.717) is 0 Å². The Bertz CT molecular complexity index is 567. The Morgan fingerprint density at radius 2 is 1.21 bits per heavy atom. The van der Waals surface area contributed by atoms with Gasteiger partial charge in [-0.3, -0.25) is 0 Å². The fraction of sp³-hybridized carbons (Fsp3) is 0.111. The number of aromatic amines is 1. The average molecular weight is 247 g/mol. The molecule has 3 aromatic rings. The van der Waals surface area contributed by atoms with Crippen LogP contribution in [-0.4, -0.2) is 4.98 Å². The molecule has 0 amide bonds. The summed E-state index contributed by atoms with van der Waals surface area (Å²) in [7, 11) is 0. The minimum Gasteiger partial charge on any atom is -0.364 e. The number of hydrogen-bond acceptors (Lipinski definition) is 0. The first-order chi connectivity index (χ1) is 9.42. The molecular formula is C18H17N. The van der Waals surface area contributed by atoms with E-state index in [1.54, 1.807) is 0 Å². The Morgan fingerprint density at radius 3 is 1.84 bits per heavy atom. The molecule has 0 fully saturated rings. The van der Waals surface area contributed by atoms with Crippen LogP contribution in [0.15, 0.2) is 72.9 Å². The van der Waals surface area contributed by atoms with Gasteiger partial charge in [0.05, 0.1) is 0 Å². The van der Waals surface area contributed by atoms with Crippen molar-refractivity contribution in [3.8, 4) is 0 Å². The van der Waals surface area contributed by atoms with Gasteiger partial charge in [-0.05, 0) is 29.2 Å². The van der Waals surface area contributed by atoms with Gasteiger partial charge in [-0.2, -0.15) is 0 Å². The molecule has 19 heavy (non-hydrogen) atoms. The molecule has 0 atom stereocenters. The largest absolute Gasteiger partial charge is 0.364 e. The van der Waals surface area contributed by atoms with Crippen LogP contribution in [0.3, 0.4) is 0 Å². The predicted octanol–water partition coefficient (Wildman–Crippen LogP) is 4.20. The molecule has 3 rings (SSSR count). The topological polar surface area (TPSA) is 15.8 Å². The third-order valence-corrected chi connectivity index (χ3v) is 3.39. The Labute approximate surface area is 113 Å². The lowest BCUT2D eigenvalue weighted by Crippen LogP contribution is -1.95. The van der Waals surface area contributed by atoms with Crippen LogP contribution in [0.4, 0.5) is 0 Å². The van der Waals surface area contributed by atoms with Crippen LogP contribution >= 0.6 is 0 Å². The summed E-state index contributed by atoms with van der Waals surface area (Å²) < 4.78 is 0. The number of rotatable bonds is 4. The molecule has 1 aromatic heterocycles.